The van der Waals surface area contributed by atoms with E-state index in [1.54, 1.807) is 4.57 Å². The van der Waals surface area contributed by atoms with E-state index in [2.05, 4.69) is 39.6 Å². The highest BCUT2D eigenvalue weighted by atomic mass is 16.5. The van der Waals surface area contributed by atoms with E-state index in [0.717, 1.165) is 12.1 Å². The lowest BCUT2D eigenvalue weighted by Gasteiger charge is -2.17. The third-order valence-corrected chi connectivity index (χ3v) is 6.68. The SMILES string of the molecule is Cn1c(N)nc2c(nc(Nc3ccc4c(c3)Cc3ccccc3-4)n2[C@H]2C[C@H](O)[C@@H](CO)O2)c1=O. The van der Waals surface area contributed by atoms with Gasteiger partial charge in [0.05, 0.1) is 12.7 Å². The lowest BCUT2D eigenvalue weighted by molar-refractivity contribution is -0.0425. The predicted molar refractivity (Wildman–Crippen MR) is 127 cm³/mol. The maximum atomic E-state index is 12.9. The second kappa shape index (κ2) is 7.66. The number of rotatable bonds is 4. The zero-order valence-corrected chi connectivity index (χ0v) is 18.5. The Morgan fingerprint density at radius 1 is 1.18 bits per heavy atom. The number of benzene rings is 2. The molecule has 0 bridgehead atoms. The van der Waals surface area contributed by atoms with Gasteiger partial charge in [0.2, 0.25) is 11.9 Å². The fraction of sp³-hybridized carbons (Fsp3) is 0.292. The first-order chi connectivity index (χ1) is 16.4. The maximum absolute atomic E-state index is 12.9. The molecule has 0 spiro atoms. The van der Waals surface area contributed by atoms with Gasteiger partial charge in [0.15, 0.2) is 11.2 Å². The molecule has 174 valence electrons. The first-order valence-corrected chi connectivity index (χ1v) is 11.1. The number of aliphatic hydroxyl groups is 2. The number of nitrogens with zero attached hydrogens (tertiary/aromatic N) is 4. The molecule has 1 aliphatic heterocycles. The van der Waals surface area contributed by atoms with Crippen LogP contribution in [0, 0.1) is 0 Å². The van der Waals surface area contributed by atoms with Crippen molar-refractivity contribution in [3.63, 3.8) is 0 Å². The Morgan fingerprint density at radius 3 is 2.76 bits per heavy atom. The van der Waals surface area contributed by atoms with Crippen LogP contribution in [0.1, 0.15) is 23.8 Å². The van der Waals surface area contributed by atoms with Gasteiger partial charge in [-0.1, -0.05) is 30.3 Å². The van der Waals surface area contributed by atoms with Crippen molar-refractivity contribution >= 4 is 28.7 Å². The molecule has 3 heterocycles. The molecular formula is C24H24N6O4. The van der Waals surface area contributed by atoms with E-state index in [9.17, 15) is 15.0 Å². The molecule has 1 aliphatic carbocycles. The smallest absolute Gasteiger partial charge is 0.282 e. The van der Waals surface area contributed by atoms with Gasteiger partial charge in [-0.15, -0.1) is 0 Å². The summed E-state index contributed by atoms with van der Waals surface area (Å²) < 4.78 is 8.74. The summed E-state index contributed by atoms with van der Waals surface area (Å²) in [6, 6.07) is 14.4. The number of ether oxygens (including phenoxy) is 1. The maximum Gasteiger partial charge on any atom is 0.282 e. The Bertz CT molecular complexity index is 1490. The summed E-state index contributed by atoms with van der Waals surface area (Å²) in [4.78, 5) is 21.8. The molecule has 2 aromatic carbocycles. The molecular weight excluding hydrogens is 436 g/mol. The van der Waals surface area contributed by atoms with Gasteiger partial charge in [-0.2, -0.15) is 4.98 Å². The molecule has 0 radical (unpaired) electrons. The van der Waals surface area contributed by atoms with Crippen molar-refractivity contribution in [2.45, 2.75) is 31.3 Å². The van der Waals surface area contributed by atoms with Crippen LogP contribution in [0.3, 0.4) is 0 Å². The summed E-state index contributed by atoms with van der Waals surface area (Å²) in [5.74, 6) is 0.384. The summed E-state index contributed by atoms with van der Waals surface area (Å²) in [7, 11) is 1.53. The summed E-state index contributed by atoms with van der Waals surface area (Å²) in [5, 5.41) is 23.2. The zero-order valence-electron chi connectivity index (χ0n) is 18.5. The largest absolute Gasteiger partial charge is 0.394 e. The van der Waals surface area contributed by atoms with Crippen LogP contribution in [0.5, 0.6) is 0 Å². The van der Waals surface area contributed by atoms with Gasteiger partial charge in [0.25, 0.3) is 5.56 Å². The van der Waals surface area contributed by atoms with Crippen LogP contribution in [0.4, 0.5) is 17.6 Å². The second-order valence-corrected chi connectivity index (χ2v) is 8.76. The average molecular weight is 460 g/mol. The number of hydrogen-bond donors (Lipinski definition) is 4. The third kappa shape index (κ3) is 3.11. The summed E-state index contributed by atoms with van der Waals surface area (Å²) >= 11 is 0. The summed E-state index contributed by atoms with van der Waals surface area (Å²) in [6.45, 7) is -0.324. The molecule has 1 fully saturated rings. The van der Waals surface area contributed by atoms with E-state index in [-0.39, 0.29) is 35.7 Å². The monoisotopic (exact) mass is 460 g/mol. The van der Waals surface area contributed by atoms with Gasteiger partial charge < -0.3 is 26.0 Å². The van der Waals surface area contributed by atoms with Gasteiger partial charge in [-0.25, -0.2) is 4.98 Å². The van der Waals surface area contributed by atoms with Crippen LogP contribution in [0.25, 0.3) is 22.3 Å². The molecule has 10 heteroatoms. The van der Waals surface area contributed by atoms with Gasteiger partial charge in [0.1, 0.15) is 12.3 Å². The second-order valence-electron chi connectivity index (χ2n) is 8.76. The topological polar surface area (TPSA) is 140 Å². The van der Waals surface area contributed by atoms with E-state index in [0.29, 0.717) is 5.95 Å². The fourth-order valence-corrected chi connectivity index (χ4v) is 4.87. The Balaban J connectivity index is 1.44. The van der Waals surface area contributed by atoms with Crippen LogP contribution in [-0.2, 0) is 18.2 Å². The highest BCUT2D eigenvalue weighted by molar-refractivity contribution is 5.80. The molecule has 5 N–H and O–H groups in total. The zero-order chi connectivity index (χ0) is 23.6. The number of nitrogens with one attached hydrogen (secondary N) is 1. The van der Waals surface area contributed by atoms with Crippen LogP contribution >= 0.6 is 0 Å². The summed E-state index contributed by atoms with van der Waals surface area (Å²) in [5.41, 5.74) is 11.7. The van der Waals surface area contributed by atoms with Gasteiger partial charge >= 0.3 is 0 Å². The minimum absolute atomic E-state index is 0.0396. The van der Waals surface area contributed by atoms with Crippen molar-refractivity contribution in [2.75, 3.05) is 17.7 Å². The van der Waals surface area contributed by atoms with Crippen LogP contribution in [-0.4, -0.2) is 48.1 Å². The minimum Gasteiger partial charge on any atom is -0.394 e. The fourth-order valence-electron chi connectivity index (χ4n) is 4.87. The molecule has 34 heavy (non-hydrogen) atoms. The molecule has 3 atom stereocenters. The number of hydrogen-bond acceptors (Lipinski definition) is 8. The molecule has 2 aliphatic rings. The minimum atomic E-state index is -0.859. The Hall–Kier alpha value is -3.73. The van der Waals surface area contributed by atoms with Crippen molar-refractivity contribution in [1.82, 2.24) is 19.1 Å². The first kappa shape index (κ1) is 20.8. The Labute approximate surface area is 194 Å². The Morgan fingerprint density at radius 2 is 1.97 bits per heavy atom. The van der Waals surface area contributed by atoms with Crippen LogP contribution < -0.4 is 16.6 Å². The lowest BCUT2D eigenvalue weighted by atomic mass is 10.1. The molecule has 10 nitrogen and oxygen atoms in total. The third-order valence-electron chi connectivity index (χ3n) is 6.68. The van der Waals surface area contributed by atoms with E-state index in [1.165, 1.54) is 33.9 Å². The Kier molecular flexibility index (Phi) is 4.70. The number of nitrogens with two attached hydrogens (primary N) is 1. The highest BCUT2D eigenvalue weighted by Gasteiger charge is 2.37. The molecule has 1 saturated heterocycles. The van der Waals surface area contributed by atoms with Gasteiger partial charge in [0, 0.05) is 19.2 Å². The number of aliphatic hydroxyl groups excluding tert-OH is 2. The van der Waals surface area contributed by atoms with Crippen LogP contribution in [0.15, 0.2) is 47.3 Å². The van der Waals surface area contributed by atoms with E-state index >= 15 is 0 Å². The molecule has 2 aromatic heterocycles. The normalized spacial score (nSPS) is 21.1. The molecule has 6 rings (SSSR count). The molecule has 0 unspecified atom stereocenters. The predicted octanol–water partition coefficient (Wildman–Crippen LogP) is 1.67. The van der Waals surface area contributed by atoms with Crippen molar-refractivity contribution in [3.05, 3.63) is 63.9 Å². The van der Waals surface area contributed by atoms with Crippen molar-refractivity contribution in [3.8, 4) is 11.1 Å². The molecule has 0 saturated carbocycles. The standard InChI is InChI=1S/C24H24N6O4/c1-29-22(33)20-21(28-23(29)25)30(19-10-17(32)18(11-31)34-19)24(27-20)26-14-6-7-16-13(9-14)8-12-4-2-3-5-15(12)16/h2-7,9,17-19,31-32H,8,10-11H2,1H3,(H2,25,28)(H,26,27)/t17-,18+,19+/m0/s1. The van der Waals surface area contributed by atoms with E-state index in [1.807, 2.05) is 18.2 Å². The van der Waals surface area contributed by atoms with E-state index < -0.39 is 18.4 Å². The number of nitrogen functional groups attached to an aromatic ring is 1. The average Bonchev–Trinajstić information content (AvgIpc) is 3.49. The van der Waals surface area contributed by atoms with Crippen LogP contribution in [0.2, 0.25) is 0 Å². The number of aromatic nitrogens is 4. The van der Waals surface area contributed by atoms with Gasteiger partial charge in [-0.05, 0) is 40.8 Å². The number of anilines is 3. The van der Waals surface area contributed by atoms with E-state index in [4.69, 9.17) is 10.5 Å². The number of fused-ring (bicyclic) bond motifs is 4. The quantitative estimate of drug-likeness (QED) is 0.317. The highest BCUT2D eigenvalue weighted by Crippen LogP contribution is 2.39. The van der Waals surface area contributed by atoms with Crippen molar-refractivity contribution < 1.29 is 14.9 Å². The molecule has 0 amide bonds. The molecule has 4 aromatic rings. The van der Waals surface area contributed by atoms with Gasteiger partial charge in [-0.3, -0.25) is 13.9 Å². The number of imidazole rings is 1. The van der Waals surface area contributed by atoms with Crippen molar-refractivity contribution in [2.24, 2.45) is 7.05 Å². The van der Waals surface area contributed by atoms with Crippen molar-refractivity contribution in [1.29, 1.82) is 0 Å². The first-order valence-electron chi connectivity index (χ1n) is 11.1. The lowest BCUT2D eigenvalue weighted by Crippen LogP contribution is -2.24. The summed E-state index contributed by atoms with van der Waals surface area (Å²) in [6.07, 6.45) is -1.23.